The lowest BCUT2D eigenvalue weighted by atomic mass is 10.1. The van der Waals surface area contributed by atoms with E-state index in [2.05, 4.69) is 23.7 Å². The molecule has 0 radical (unpaired) electrons. The van der Waals surface area contributed by atoms with Crippen LogP contribution in [0.5, 0.6) is 11.5 Å². The van der Waals surface area contributed by atoms with Gasteiger partial charge in [-0.25, -0.2) is 4.79 Å². The van der Waals surface area contributed by atoms with Gasteiger partial charge in [0.05, 0.1) is 20.8 Å². The zero-order valence-electron chi connectivity index (χ0n) is 17.9. The molecule has 5 nitrogen and oxygen atoms in total. The maximum atomic E-state index is 13.1. The molecule has 2 amide bonds. The molecule has 3 rings (SSSR count). The van der Waals surface area contributed by atoms with E-state index < -0.39 is 0 Å². The second-order valence-corrected chi connectivity index (χ2v) is 8.13. The molecule has 0 aliphatic heterocycles. The van der Waals surface area contributed by atoms with Gasteiger partial charge in [0.15, 0.2) is 11.5 Å². The van der Waals surface area contributed by atoms with Crippen LogP contribution in [0.25, 0.3) is 0 Å². The molecule has 3 aromatic rings. The van der Waals surface area contributed by atoms with Gasteiger partial charge in [-0.1, -0.05) is 24.3 Å². The smallest absolute Gasteiger partial charge is 0.322 e. The molecule has 1 aromatic heterocycles. The molecular weight excluding hydrogens is 396 g/mol. The first-order valence-electron chi connectivity index (χ1n) is 9.87. The van der Waals surface area contributed by atoms with E-state index in [-0.39, 0.29) is 6.03 Å². The van der Waals surface area contributed by atoms with E-state index in [1.165, 1.54) is 10.4 Å². The summed E-state index contributed by atoms with van der Waals surface area (Å²) in [4.78, 5) is 16.2. The molecule has 0 aliphatic rings. The number of amides is 2. The largest absolute Gasteiger partial charge is 0.493 e. The minimum atomic E-state index is -0.0995. The van der Waals surface area contributed by atoms with Crippen molar-refractivity contribution in [3.05, 3.63) is 75.5 Å². The summed E-state index contributed by atoms with van der Waals surface area (Å²) in [5, 5.41) is 5.13. The molecule has 0 aliphatic carbocycles. The molecule has 1 heterocycles. The molecule has 6 heteroatoms. The van der Waals surface area contributed by atoms with Crippen LogP contribution in [-0.4, -0.2) is 31.7 Å². The van der Waals surface area contributed by atoms with Gasteiger partial charge in [0, 0.05) is 17.1 Å². The van der Waals surface area contributed by atoms with E-state index >= 15 is 0 Å². The summed E-state index contributed by atoms with van der Waals surface area (Å²) in [6.07, 6.45) is 0.714. The lowest BCUT2D eigenvalue weighted by Gasteiger charge is -2.24. The highest BCUT2D eigenvalue weighted by molar-refractivity contribution is 7.10. The number of hydrogen-bond acceptors (Lipinski definition) is 4. The molecule has 0 bridgehead atoms. The second kappa shape index (κ2) is 10.2. The van der Waals surface area contributed by atoms with Crippen LogP contribution in [0.15, 0.2) is 53.9 Å². The van der Waals surface area contributed by atoms with Crippen molar-refractivity contribution in [3.8, 4) is 11.5 Å². The maximum Gasteiger partial charge on any atom is 0.322 e. The van der Waals surface area contributed by atoms with Gasteiger partial charge in [-0.2, -0.15) is 0 Å². The van der Waals surface area contributed by atoms with Crippen LogP contribution in [0.1, 0.15) is 21.6 Å². The molecule has 0 atom stereocenters. The number of thiophene rings is 1. The fourth-order valence-corrected chi connectivity index (χ4v) is 4.12. The Morgan fingerprint density at radius 2 is 1.77 bits per heavy atom. The number of carbonyl (C=O) groups is 1. The van der Waals surface area contributed by atoms with Crippen LogP contribution in [-0.2, 0) is 13.0 Å². The molecule has 0 saturated heterocycles. The number of urea groups is 1. The number of nitrogens with zero attached hydrogens (tertiary/aromatic N) is 1. The standard InChI is InChI=1S/C24H28N2O3S/c1-17-7-5-6-8-20(17)25-24(27)26(16-23-18(2)12-14-30-23)13-11-19-9-10-21(28-3)22(15-19)29-4/h5-10,12,14-15H,11,13,16H2,1-4H3,(H,25,27). The molecule has 158 valence electrons. The summed E-state index contributed by atoms with van der Waals surface area (Å²) in [6.45, 7) is 5.24. The van der Waals surface area contributed by atoms with Crippen LogP contribution in [0.4, 0.5) is 10.5 Å². The molecule has 2 aromatic carbocycles. The minimum absolute atomic E-state index is 0.0995. The maximum absolute atomic E-state index is 13.1. The molecular formula is C24H28N2O3S. The highest BCUT2D eigenvalue weighted by Gasteiger charge is 2.17. The van der Waals surface area contributed by atoms with Gasteiger partial charge in [0.25, 0.3) is 0 Å². The van der Waals surface area contributed by atoms with Crippen molar-refractivity contribution in [1.29, 1.82) is 0 Å². The van der Waals surface area contributed by atoms with Crippen molar-refractivity contribution in [2.75, 3.05) is 26.1 Å². The average molecular weight is 425 g/mol. The fourth-order valence-electron chi connectivity index (χ4n) is 3.20. The Hall–Kier alpha value is -2.99. The minimum Gasteiger partial charge on any atom is -0.493 e. The van der Waals surface area contributed by atoms with Gasteiger partial charge in [-0.3, -0.25) is 0 Å². The van der Waals surface area contributed by atoms with Crippen molar-refractivity contribution in [3.63, 3.8) is 0 Å². The first-order valence-corrected chi connectivity index (χ1v) is 10.7. The Morgan fingerprint density at radius 3 is 2.43 bits per heavy atom. The number of nitrogens with one attached hydrogen (secondary N) is 1. The number of carbonyl (C=O) groups excluding carboxylic acids is 1. The SMILES string of the molecule is COc1ccc(CCN(Cc2sccc2C)C(=O)Nc2ccccc2C)cc1OC. The molecule has 0 saturated carbocycles. The Morgan fingerprint density at radius 1 is 1.00 bits per heavy atom. The van der Waals surface area contributed by atoms with E-state index in [9.17, 15) is 4.79 Å². The van der Waals surface area contributed by atoms with Crippen LogP contribution in [0.2, 0.25) is 0 Å². The molecule has 30 heavy (non-hydrogen) atoms. The summed E-state index contributed by atoms with van der Waals surface area (Å²) in [6, 6.07) is 15.7. The molecule has 0 fully saturated rings. The van der Waals surface area contributed by atoms with Crippen LogP contribution in [0, 0.1) is 13.8 Å². The Kier molecular flexibility index (Phi) is 7.36. The lowest BCUT2D eigenvalue weighted by molar-refractivity contribution is 0.210. The number of anilines is 1. The third kappa shape index (κ3) is 5.33. The van der Waals surface area contributed by atoms with Crippen molar-refractivity contribution in [2.24, 2.45) is 0 Å². The zero-order chi connectivity index (χ0) is 21.5. The van der Waals surface area contributed by atoms with E-state index in [1.807, 2.05) is 54.3 Å². The van der Waals surface area contributed by atoms with Gasteiger partial charge >= 0.3 is 6.03 Å². The second-order valence-electron chi connectivity index (χ2n) is 7.13. The number of aryl methyl sites for hydroxylation is 2. The Bertz CT molecular complexity index is 1000. The van der Waals surface area contributed by atoms with Crippen LogP contribution >= 0.6 is 11.3 Å². The van der Waals surface area contributed by atoms with Crippen molar-refractivity contribution in [1.82, 2.24) is 4.90 Å². The van der Waals surface area contributed by atoms with Gasteiger partial charge in [-0.05, 0) is 66.6 Å². The Balaban J connectivity index is 1.76. The first kappa shape index (κ1) is 21.7. The molecule has 0 spiro atoms. The number of hydrogen-bond donors (Lipinski definition) is 1. The van der Waals surface area contributed by atoms with E-state index in [0.29, 0.717) is 31.0 Å². The third-order valence-corrected chi connectivity index (χ3v) is 6.10. The molecule has 0 unspecified atom stereocenters. The van der Waals surface area contributed by atoms with Crippen LogP contribution in [0.3, 0.4) is 0 Å². The summed E-state index contributed by atoms with van der Waals surface area (Å²) < 4.78 is 10.7. The van der Waals surface area contributed by atoms with E-state index in [1.54, 1.807) is 25.6 Å². The highest BCUT2D eigenvalue weighted by atomic mass is 32.1. The topological polar surface area (TPSA) is 50.8 Å². The Labute approximate surface area is 182 Å². The van der Waals surface area contributed by atoms with Crippen molar-refractivity contribution in [2.45, 2.75) is 26.8 Å². The zero-order valence-corrected chi connectivity index (χ0v) is 18.7. The number of ether oxygens (including phenoxy) is 2. The van der Waals surface area contributed by atoms with Crippen molar-refractivity contribution < 1.29 is 14.3 Å². The normalized spacial score (nSPS) is 10.5. The summed E-state index contributed by atoms with van der Waals surface area (Å²) >= 11 is 1.68. The number of benzene rings is 2. The lowest BCUT2D eigenvalue weighted by Crippen LogP contribution is -2.36. The van der Waals surface area contributed by atoms with Crippen molar-refractivity contribution >= 4 is 23.1 Å². The fraction of sp³-hybridized carbons (Fsp3) is 0.292. The average Bonchev–Trinajstić information content (AvgIpc) is 3.16. The monoisotopic (exact) mass is 424 g/mol. The summed E-state index contributed by atoms with van der Waals surface area (Å²) in [5.41, 5.74) is 4.17. The van der Waals surface area contributed by atoms with Gasteiger partial charge in [-0.15, -0.1) is 11.3 Å². The molecule has 1 N–H and O–H groups in total. The number of rotatable bonds is 8. The first-order chi connectivity index (χ1) is 14.5. The van der Waals surface area contributed by atoms with Gasteiger partial charge in [0.2, 0.25) is 0 Å². The number of methoxy groups -OCH3 is 2. The van der Waals surface area contributed by atoms with Gasteiger partial charge < -0.3 is 19.7 Å². The predicted molar refractivity (Wildman–Crippen MR) is 123 cm³/mol. The summed E-state index contributed by atoms with van der Waals surface area (Å²) in [7, 11) is 3.25. The van der Waals surface area contributed by atoms with Gasteiger partial charge in [0.1, 0.15) is 0 Å². The van der Waals surface area contributed by atoms with Crippen LogP contribution < -0.4 is 14.8 Å². The van der Waals surface area contributed by atoms with E-state index in [0.717, 1.165) is 16.8 Å². The summed E-state index contributed by atoms with van der Waals surface area (Å²) in [5.74, 6) is 1.39. The third-order valence-electron chi connectivity index (χ3n) is 5.09. The highest BCUT2D eigenvalue weighted by Crippen LogP contribution is 2.28. The predicted octanol–water partition coefficient (Wildman–Crippen LogP) is 5.66. The quantitative estimate of drug-likeness (QED) is 0.508. The van der Waals surface area contributed by atoms with E-state index in [4.69, 9.17) is 9.47 Å². The number of para-hydroxylation sites is 1.